The molecule has 0 aliphatic heterocycles. The third-order valence-corrected chi connectivity index (χ3v) is 2.99. The molecule has 0 aliphatic carbocycles. The zero-order valence-corrected chi connectivity index (χ0v) is 12.5. The van der Waals surface area contributed by atoms with Gasteiger partial charge < -0.3 is 10.6 Å². The van der Waals surface area contributed by atoms with E-state index in [-0.39, 0.29) is 5.91 Å². The molecule has 2 N–H and O–H groups in total. The van der Waals surface area contributed by atoms with Crippen molar-refractivity contribution in [3.8, 4) is 0 Å². The molecule has 1 amide bonds. The first-order valence-corrected chi connectivity index (χ1v) is 6.99. The summed E-state index contributed by atoms with van der Waals surface area (Å²) in [6, 6.07) is 0. The maximum Gasteiger partial charge on any atom is 0.221 e. The fourth-order valence-corrected chi connectivity index (χ4v) is 1.81. The molecule has 0 atom stereocenters. The summed E-state index contributed by atoms with van der Waals surface area (Å²) in [5.74, 6) is 1.48. The van der Waals surface area contributed by atoms with Gasteiger partial charge in [-0.2, -0.15) is 0 Å². The molecule has 0 unspecified atom stereocenters. The normalized spacial score (nSPS) is 10.3. The molecule has 0 fully saturated rings. The second-order valence-corrected chi connectivity index (χ2v) is 4.64. The average molecular weight is 285 g/mol. The van der Waals surface area contributed by atoms with Crippen LogP contribution < -0.4 is 10.6 Å². The quantitative estimate of drug-likeness (QED) is 0.754. The van der Waals surface area contributed by atoms with Gasteiger partial charge in [0.05, 0.1) is 0 Å². The van der Waals surface area contributed by atoms with Crippen LogP contribution in [0.15, 0.2) is 0 Å². The summed E-state index contributed by atoms with van der Waals surface area (Å²) in [4.78, 5) is 20.0. The van der Waals surface area contributed by atoms with E-state index in [2.05, 4.69) is 27.5 Å². The molecule has 0 saturated heterocycles. The lowest BCUT2D eigenvalue weighted by atomic mass is 10.3. The van der Waals surface area contributed by atoms with Crippen LogP contribution in [0.3, 0.4) is 0 Å². The minimum Gasteiger partial charge on any atom is -0.369 e. The molecule has 0 bridgehead atoms. The molecule has 19 heavy (non-hydrogen) atoms. The van der Waals surface area contributed by atoms with Crippen LogP contribution in [0, 0.1) is 6.92 Å². The van der Waals surface area contributed by atoms with E-state index in [1.54, 1.807) is 0 Å². The summed E-state index contributed by atoms with van der Waals surface area (Å²) < 4.78 is 0. The van der Waals surface area contributed by atoms with Crippen LogP contribution in [-0.4, -0.2) is 29.0 Å². The second-order valence-electron chi connectivity index (χ2n) is 4.28. The standard InChI is InChI=1S/C13H21ClN4O/c1-4-6-10-17-12(14)9(3)13(18-10)16-8-7-11(19)15-5-2/h4-8H2,1-3H3,(H,15,19)(H,16,17,18). The lowest BCUT2D eigenvalue weighted by Gasteiger charge is -2.11. The average Bonchev–Trinajstić information content (AvgIpc) is 2.35. The Morgan fingerprint density at radius 2 is 2.05 bits per heavy atom. The predicted molar refractivity (Wildman–Crippen MR) is 77.6 cm³/mol. The van der Waals surface area contributed by atoms with Crippen LogP contribution in [0.4, 0.5) is 5.82 Å². The zero-order chi connectivity index (χ0) is 14.3. The molecule has 106 valence electrons. The highest BCUT2D eigenvalue weighted by atomic mass is 35.5. The number of carbonyl (C=O) groups is 1. The summed E-state index contributed by atoms with van der Waals surface area (Å²) in [5, 5.41) is 6.37. The largest absolute Gasteiger partial charge is 0.369 e. The van der Waals surface area contributed by atoms with Gasteiger partial charge in [0, 0.05) is 31.5 Å². The molecule has 1 aromatic heterocycles. The Hall–Kier alpha value is -1.36. The maximum atomic E-state index is 11.3. The Morgan fingerprint density at radius 3 is 2.68 bits per heavy atom. The Kier molecular flexibility index (Phi) is 6.56. The molecule has 0 spiro atoms. The molecular weight excluding hydrogens is 264 g/mol. The summed E-state index contributed by atoms with van der Waals surface area (Å²) in [5.41, 5.74) is 0.817. The predicted octanol–water partition coefficient (Wildman–Crippen LogP) is 2.33. The van der Waals surface area contributed by atoms with Crippen molar-refractivity contribution in [2.24, 2.45) is 0 Å². The fourth-order valence-electron chi connectivity index (χ4n) is 1.62. The topological polar surface area (TPSA) is 66.9 Å². The summed E-state index contributed by atoms with van der Waals surface area (Å²) in [6.07, 6.45) is 2.18. The van der Waals surface area contributed by atoms with Crippen LogP contribution in [-0.2, 0) is 11.2 Å². The number of nitrogens with one attached hydrogen (secondary N) is 2. The summed E-state index contributed by atoms with van der Waals surface area (Å²) in [6.45, 7) is 7.02. The van der Waals surface area contributed by atoms with Gasteiger partial charge in [0.2, 0.25) is 5.91 Å². The minimum atomic E-state index is 0.0292. The van der Waals surface area contributed by atoms with Crippen LogP contribution in [0.25, 0.3) is 0 Å². The third-order valence-electron chi connectivity index (χ3n) is 2.62. The molecule has 1 rings (SSSR count). The molecule has 0 radical (unpaired) electrons. The van der Waals surface area contributed by atoms with Crippen LogP contribution in [0.2, 0.25) is 5.15 Å². The third kappa shape index (κ3) is 5.03. The number of rotatable bonds is 7. The van der Waals surface area contributed by atoms with Gasteiger partial charge in [-0.1, -0.05) is 18.5 Å². The van der Waals surface area contributed by atoms with Gasteiger partial charge in [-0.3, -0.25) is 4.79 Å². The van der Waals surface area contributed by atoms with E-state index < -0.39 is 0 Å². The lowest BCUT2D eigenvalue weighted by molar-refractivity contribution is -0.120. The number of aryl methyl sites for hydroxylation is 1. The van der Waals surface area contributed by atoms with Gasteiger partial charge in [-0.15, -0.1) is 0 Å². The van der Waals surface area contributed by atoms with Crippen LogP contribution in [0.1, 0.15) is 38.1 Å². The van der Waals surface area contributed by atoms with Crippen molar-refractivity contribution < 1.29 is 4.79 Å². The minimum absolute atomic E-state index is 0.0292. The van der Waals surface area contributed by atoms with Gasteiger partial charge in [0.1, 0.15) is 16.8 Å². The first-order valence-electron chi connectivity index (χ1n) is 6.62. The highest BCUT2D eigenvalue weighted by Gasteiger charge is 2.09. The molecule has 6 heteroatoms. The van der Waals surface area contributed by atoms with E-state index in [9.17, 15) is 4.79 Å². The monoisotopic (exact) mass is 284 g/mol. The maximum absolute atomic E-state index is 11.3. The van der Waals surface area contributed by atoms with Crippen molar-refractivity contribution in [3.05, 3.63) is 16.5 Å². The van der Waals surface area contributed by atoms with Crippen LogP contribution in [0.5, 0.6) is 0 Å². The Morgan fingerprint density at radius 1 is 1.32 bits per heavy atom. The number of nitrogens with zero attached hydrogens (tertiary/aromatic N) is 2. The lowest BCUT2D eigenvalue weighted by Crippen LogP contribution is -2.25. The fraction of sp³-hybridized carbons (Fsp3) is 0.615. The summed E-state index contributed by atoms with van der Waals surface area (Å²) in [7, 11) is 0. The highest BCUT2D eigenvalue weighted by Crippen LogP contribution is 2.20. The highest BCUT2D eigenvalue weighted by molar-refractivity contribution is 6.30. The van der Waals surface area contributed by atoms with Crippen molar-refractivity contribution in [1.29, 1.82) is 0 Å². The number of aromatic nitrogens is 2. The van der Waals surface area contributed by atoms with E-state index in [1.165, 1.54) is 0 Å². The molecule has 0 saturated carbocycles. The SMILES string of the molecule is CCCc1nc(Cl)c(C)c(NCCC(=O)NCC)n1. The smallest absolute Gasteiger partial charge is 0.221 e. The Labute approximate surface area is 119 Å². The van der Waals surface area contributed by atoms with E-state index in [0.29, 0.717) is 30.5 Å². The van der Waals surface area contributed by atoms with Crippen molar-refractivity contribution in [2.45, 2.75) is 40.0 Å². The van der Waals surface area contributed by atoms with Crippen LogP contribution >= 0.6 is 11.6 Å². The van der Waals surface area contributed by atoms with Gasteiger partial charge in [-0.25, -0.2) is 9.97 Å². The Bertz CT molecular complexity index is 437. The summed E-state index contributed by atoms with van der Waals surface area (Å²) >= 11 is 6.08. The van der Waals surface area contributed by atoms with Crippen molar-refractivity contribution >= 4 is 23.3 Å². The molecule has 1 aromatic rings. The number of hydrogen-bond acceptors (Lipinski definition) is 4. The van der Waals surface area contributed by atoms with Gasteiger partial charge in [0.15, 0.2) is 0 Å². The van der Waals surface area contributed by atoms with E-state index in [4.69, 9.17) is 11.6 Å². The first-order chi connectivity index (χ1) is 9.08. The zero-order valence-electron chi connectivity index (χ0n) is 11.7. The number of amides is 1. The van der Waals surface area contributed by atoms with Gasteiger partial charge in [-0.05, 0) is 20.3 Å². The van der Waals surface area contributed by atoms with Crippen molar-refractivity contribution in [1.82, 2.24) is 15.3 Å². The number of carbonyl (C=O) groups excluding carboxylic acids is 1. The molecule has 1 heterocycles. The number of hydrogen-bond donors (Lipinski definition) is 2. The number of halogens is 1. The molecule has 0 aliphatic rings. The number of anilines is 1. The molecule has 0 aromatic carbocycles. The van der Waals surface area contributed by atoms with Crippen molar-refractivity contribution in [3.63, 3.8) is 0 Å². The van der Waals surface area contributed by atoms with E-state index in [0.717, 1.165) is 24.2 Å². The van der Waals surface area contributed by atoms with E-state index >= 15 is 0 Å². The second kappa shape index (κ2) is 7.94. The van der Waals surface area contributed by atoms with Crippen molar-refractivity contribution in [2.75, 3.05) is 18.4 Å². The van der Waals surface area contributed by atoms with Gasteiger partial charge in [0.25, 0.3) is 0 Å². The first kappa shape index (κ1) is 15.7. The molecular formula is C13H21ClN4O. The Balaban J connectivity index is 2.64. The van der Waals surface area contributed by atoms with Gasteiger partial charge >= 0.3 is 0 Å². The van der Waals surface area contributed by atoms with E-state index in [1.807, 2.05) is 13.8 Å². The molecule has 5 nitrogen and oxygen atoms in total.